The molecule has 4 rings (SSSR count). The van der Waals surface area contributed by atoms with Crippen LogP contribution in [0.15, 0.2) is 72.8 Å². The average Bonchev–Trinajstić information content (AvgIpc) is 2.96. The van der Waals surface area contributed by atoms with E-state index < -0.39 is 11.4 Å². The summed E-state index contributed by atoms with van der Waals surface area (Å²) in [6, 6.07) is 23.5. The van der Waals surface area contributed by atoms with Gasteiger partial charge in [0.2, 0.25) is 5.91 Å². The summed E-state index contributed by atoms with van der Waals surface area (Å²) < 4.78 is 9.91. The summed E-state index contributed by atoms with van der Waals surface area (Å²) in [5.74, 6) is 0.163. The molecule has 6 heteroatoms. The number of nitrogens with one attached hydrogen (secondary N) is 1. The Morgan fingerprint density at radius 1 is 0.974 bits per heavy atom. The maximum absolute atomic E-state index is 13.7. The summed E-state index contributed by atoms with van der Waals surface area (Å²) >= 11 is 0. The Labute approximate surface area is 223 Å². The van der Waals surface area contributed by atoms with Crippen molar-refractivity contribution in [3.8, 4) is 22.9 Å². The molecule has 0 aromatic heterocycles. The molecule has 1 fully saturated rings. The molecule has 194 valence electrons. The Balaban J connectivity index is 1.52. The Bertz CT molecular complexity index is 1360. The minimum absolute atomic E-state index is 0.0317. The quantitative estimate of drug-likeness (QED) is 0.275. The lowest BCUT2D eigenvalue weighted by Crippen LogP contribution is -2.40. The number of esters is 1. The van der Waals surface area contributed by atoms with Crippen LogP contribution in [0.3, 0.4) is 0 Å². The molecule has 6 nitrogen and oxygen atoms in total. The fourth-order valence-corrected chi connectivity index (χ4v) is 5.11. The van der Waals surface area contributed by atoms with Crippen LogP contribution in [0, 0.1) is 16.7 Å². The van der Waals surface area contributed by atoms with Crippen LogP contribution in [0.5, 0.6) is 5.75 Å². The van der Waals surface area contributed by atoms with Crippen molar-refractivity contribution >= 4 is 23.6 Å². The largest absolute Gasteiger partial charge is 0.495 e. The molecule has 0 saturated heterocycles. The Hall–Kier alpha value is -4.37. The van der Waals surface area contributed by atoms with Gasteiger partial charge >= 0.3 is 5.97 Å². The summed E-state index contributed by atoms with van der Waals surface area (Å²) in [7, 11) is 2.89. The number of benzene rings is 3. The summed E-state index contributed by atoms with van der Waals surface area (Å²) in [5, 5.41) is 12.6. The van der Waals surface area contributed by atoms with Gasteiger partial charge in [-0.2, -0.15) is 5.26 Å². The van der Waals surface area contributed by atoms with Gasteiger partial charge in [0, 0.05) is 11.8 Å². The molecule has 1 aliphatic rings. The van der Waals surface area contributed by atoms with Crippen molar-refractivity contribution in [2.45, 2.75) is 38.5 Å². The van der Waals surface area contributed by atoms with Gasteiger partial charge in [-0.3, -0.25) is 4.79 Å². The number of hydrogen-bond acceptors (Lipinski definition) is 5. The van der Waals surface area contributed by atoms with E-state index in [4.69, 9.17) is 4.74 Å². The fraction of sp³-hybridized carbons (Fsp3) is 0.281. The van der Waals surface area contributed by atoms with Gasteiger partial charge in [0.05, 0.1) is 25.2 Å². The lowest BCUT2D eigenvalue weighted by atomic mass is 9.69. The summed E-state index contributed by atoms with van der Waals surface area (Å²) in [4.78, 5) is 25.1. The fourth-order valence-electron chi connectivity index (χ4n) is 5.11. The third kappa shape index (κ3) is 6.30. The van der Waals surface area contributed by atoms with Crippen molar-refractivity contribution < 1.29 is 19.1 Å². The molecule has 0 radical (unpaired) electrons. The molecular weight excluding hydrogens is 476 g/mol. The topological polar surface area (TPSA) is 88.4 Å². The van der Waals surface area contributed by atoms with Crippen LogP contribution in [-0.2, 0) is 20.7 Å². The van der Waals surface area contributed by atoms with Crippen molar-refractivity contribution in [3.05, 3.63) is 89.5 Å². The van der Waals surface area contributed by atoms with E-state index in [9.17, 15) is 14.9 Å². The third-order valence-corrected chi connectivity index (χ3v) is 7.20. The number of ether oxygens (including phenoxy) is 2. The third-order valence-electron chi connectivity index (χ3n) is 7.20. The minimum Gasteiger partial charge on any atom is -0.495 e. The van der Waals surface area contributed by atoms with E-state index in [1.54, 1.807) is 13.2 Å². The zero-order chi connectivity index (χ0) is 27.0. The first-order valence-electron chi connectivity index (χ1n) is 12.8. The highest BCUT2D eigenvalue weighted by atomic mass is 16.5. The molecule has 0 heterocycles. The average molecular weight is 509 g/mol. The molecule has 3 aromatic rings. The number of carbonyl (C=O) groups excluding carboxylic acids is 2. The number of nitrogens with zero attached hydrogens (tertiary/aromatic N) is 1. The first kappa shape index (κ1) is 26.7. The number of carbonyl (C=O) groups is 2. The molecule has 0 bridgehead atoms. The summed E-state index contributed by atoms with van der Waals surface area (Å²) in [6.07, 6.45) is 8.56. The van der Waals surface area contributed by atoms with Gasteiger partial charge in [0.1, 0.15) is 11.8 Å². The van der Waals surface area contributed by atoms with Gasteiger partial charge in [0.15, 0.2) is 0 Å². The standard InChI is InChI=1S/C32H32N2O4/c1-37-29-15-14-26(20-27(29)22-33)25-12-9-24(10-13-25)21-32(17-4-3-5-18-32)31(36)34-28-8-6-7-23(19-28)11-16-30(35)38-2/h6-16,19-20H,3-5,17-18,21H2,1-2H3,(H,34,36)/b16-11+. The second-order valence-corrected chi connectivity index (χ2v) is 9.68. The smallest absolute Gasteiger partial charge is 0.330 e. The van der Waals surface area contributed by atoms with Crippen LogP contribution in [0.2, 0.25) is 0 Å². The lowest BCUT2D eigenvalue weighted by molar-refractivity contribution is -0.134. The first-order chi connectivity index (χ1) is 18.5. The van der Waals surface area contributed by atoms with Crippen LogP contribution in [0.25, 0.3) is 17.2 Å². The Morgan fingerprint density at radius 2 is 1.71 bits per heavy atom. The second-order valence-electron chi connectivity index (χ2n) is 9.68. The van der Waals surface area contributed by atoms with Crippen molar-refractivity contribution in [1.29, 1.82) is 5.26 Å². The molecule has 3 aromatic carbocycles. The second kappa shape index (κ2) is 12.2. The van der Waals surface area contributed by atoms with E-state index in [1.807, 2.05) is 54.6 Å². The number of amides is 1. The predicted molar refractivity (Wildman–Crippen MR) is 148 cm³/mol. The van der Waals surface area contributed by atoms with E-state index in [2.05, 4.69) is 28.3 Å². The summed E-state index contributed by atoms with van der Waals surface area (Å²) in [5.41, 5.74) is 4.58. The molecule has 1 aliphatic carbocycles. The number of rotatable bonds is 8. The maximum atomic E-state index is 13.7. The van der Waals surface area contributed by atoms with Gasteiger partial charge in [-0.1, -0.05) is 61.7 Å². The molecule has 0 aliphatic heterocycles. The number of anilines is 1. The van der Waals surface area contributed by atoms with Crippen molar-refractivity contribution in [2.75, 3.05) is 19.5 Å². The zero-order valence-electron chi connectivity index (χ0n) is 21.8. The van der Waals surface area contributed by atoms with Gasteiger partial charge in [-0.15, -0.1) is 0 Å². The van der Waals surface area contributed by atoms with Gasteiger partial charge in [0.25, 0.3) is 0 Å². The number of methoxy groups -OCH3 is 2. The van der Waals surface area contributed by atoms with Crippen LogP contribution in [0.1, 0.15) is 48.8 Å². The normalized spacial score (nSPS) is 14.4. The molecule has 0 atom stereocenters. The van der Waals surface area contributed by atoms with E-state index in [0.29, 0.717) is 23.4 Å². The van der Waals surface area contributed by atoms with Crippen molar-refractivity contribution in [2.24, 2.45) is 5.41 Å². The van der Waals surface area contributed by atoms with Crippen molar-refractivity contribution in [1.82, 2.24) is 0 Å². The van der Waals surface area contributed by atoms with Gasteiger partial charge in [-0.25, -0.2) is 4.79 Å². The molecule has 1 amide bonds. The monoisotopic (exact) mass is 508 g/mol. The van der Waals surface area contributed by atoms with Crippen molar-refractivity contribution in [3.63, 3.8) is 0 Å². The first-order valence-corrected chi connectivity index (χ1v) is 12.8. The molecule has 1 N–H and O–H groups in total. The van der Waals surface area contributed by atoms with E-state index in [1.165, 1.54) is 13.2 Å². The Kier molecular flexibility index (Phi) is 8.60. The number of nitriles is 1. The van der Waals surface area contributed by atoms with Crippen LogP contribution in [-0.4, -0.2) is 26.1 Å². The minimum atomic E-state index is -0.480. The summed E-state index contributed by atoms with van der Waals surface area (Å²) in [6.45, 7) is 0. The molecule has 38 heavy (non-hydrogen) atoms. The maximum Gasteiger partial charge on any atom is 0.330 e. The number of hydrogen-bond donors (Lipinski definition) is 1. The van der Waals surface area contributed by atoms with E-state index in [-0.39, 0.29) is 5.91 Å². The zero-order valence-corrected chi connectivity index (χ0v) is 21.8. The van der Waals surface area contributed by atoms with E-state index in [0.717, 1.165) is 54.4 Å². The molecular formula is C32H32N2O4. The molecule has 0 spiro atoms. The van der Waals surface area contributed by atoms with Gasteiger partial charge < -0.3 is 14.8 Å². The predicted octanol–water partition coefficient (Wildman–Crippen LogP) is 6.55. The van der Waals surface area contributed by atoms with Gasteiger partial charge in [-0.05, 0) is 71.9 Å². The van der Waals surface area contributed by atoms with Crippen LogP contribution < -0.4 is 10.1 Å². The van der Waals surface area contributed by atoms with Crippen LogP contribution in [0.4, 0.5) is 5.69 Å². The molecule has 1 saturated carbocycles. The SMILES string of the molecule is COC(=O)/C=C/c1cccc(NC(=O)C2(Cc3ccc(-c4ccc(OC)c(C#N)c4)cc3)CCCCC2)c1. The highest BCUT2D eigenvalue weighted by molar-refractivity contribution is 5.96. The van der Waals surface area contributed by atoms with Crippen LogP contribution >= 0.6 is 0 Å². The Morgan fingerprint density at radius 3 is 2.39 bits per heavy atom. The molecule has 0 unspecified atom stereocenters. The highest BCUT2D eigenvalue weighted by Gasteiger charge is 2.39. The van der Waals surface area contributed by atoms with E-state index >= 15 is 0 Å². The highest BCUT2D eigenvalue weighted by Crippen LogP contribution is 2.41. The lowest BCUT2D eigenvalue weighted by Gasteiger charge is -2.36.